The molecule has 21 heteroatoms. The molecule has 1 radical (unpaired) electrons. The maximum absolute atomic E-state index is 13.9. The Kier molecular flexibility index (Phi) is 19.7. The van der Waals surface area contributed by atoms with Gasteiger partial charge >= 0.3 is 16.8 Å². The van der Waals surface area contributed by atoms with Crippen molar-refractivity contribution in [3.8, 4) is 67.5 Å². The van der Waals surface area contributed by atoms with E-state index in [9.17, 15) is 19.2 Å². The van der Waals surface area contributed by atoms with Crippen molar-refractivity contribution >= 4 is 92.7 Å². The number of aromatic nitrogens is 4. The third-order valence-corrected chi connectivity index (χ3v) is 14.5. The number of rotatable bonds is 20. The zero-order chi connectivity index (χ0) is 59.9. The largest absolute Gasteiger partial charge is 2.00 e. The van der Waals surface area contributed by atoms with Crippen LogP contribution in [0.2, 0.25) is 0 Å². The molecule has 4 amide bonds. The summed E-state index contributed by atoms with van der Waals surface area (Å²) in [7, 11) is 11.9. The van der Waals surface area contributed by atoms with Crippen LogP contribution >= 0.6 is 0 Å². The van der Waals surface area contributed by atoms with Crippen LogP contribution in [-0.4, -0.2) is 115 Å². The SMILES string of the molecule is COc1cccc(OC)c1-c1c2nc(c(-c3c(NC(=O)C(C)OC)cccc3NC(=O)C(C)OC)c3ccc([n-]3)c(-c3c(OC)cccc3OC)c3nc(c(-c4c(NC(=O)C(C)OC)cccc4NC(=O)C(C)OC)c4ccc1[n-]4)C=C3)C=C2.[Co+2]. The smallest absolute Gasteiger partial charge is 0.657 e. The first-order valence-corrected chi connectivity index (χ1v) is 26.7. The van der Waals surface area contributed by atoms with Crippen molar-refractivity contribution in [3.63, 3.8) is 0 Å². The summed E-state index contributed by atoms with van der Waals surface area (Å²) in [6.07, 6.45) is 3.77. The number of carbonyl (C=O) groups is 4. The summed E-state index contributed by atoms with van der Waals surface area (Å²) in [4.78, 5) is 77.6. The van der Waals surface area contributed by atoms with E-state index in [4.69, 9.17) is 57.8 Å². The number of nitrogens with one attached hydrogen (secondary N) is 4. The van der Waals surface area contributed by atoms with Crippen molar-refractivity contribution in [2.24, 2.45) is 0 Å². The van der Waals surface area contributed by atoms with Gasteiger partial charge in [0.15, 0.2) is 0 Å². The second-order valence-corrected chi connectivity index (χ2v) is 19.4. The molecule has 3 aromatic heterocycles. The van der Waals surface area contributed by atoms with E-state index < -0.39 is 48.0 Å². The first-order chi connectivity index (χ1) is 40.6. The Morgan fingerprint density at radius 2 is 0.565 bits per heavy atom. The summed E-state index contributed by atoms with van der Waals surface area (Å²) >= 11 is 0. The van der Waals surface area contributed by atoms with Crippen LogP contribution in [0.1, 0.15) is 50.5 Å². The molecule has 7 aromatic rings. The van der Waals surface area contributed by atoms with E-state index >= 15 is 0 Å². The van der Waals surface area contributed by atoms with Gasteiger partial charge in [-0.15, -0.1) is 22.1 Å². The van der Waals surface area contributed by atoms with Crippen LogP contribution < -0.4 is 50.2 Å². The molecule has 8 bridgehead atoms. The normalized spacial score (nSPS) is 12.9. The molecule has 2 aliphatic rings. The first kappa shape index (κ1) is 62.0. The summed E-state index contributed by atoms with van der Waals surface area (Å²) in [5, 5.41) is 12.2. The maximum Gasteiger partial charge on any atom is 2.00 e. The van der Waals surface area contributed by atoms with Gasteiger partial charge in [0.2, 0.25) is 0 Å². The van der Waals surface area contributed by atoms with Gasteiger partial charge in [-0.1, -0.05) is 48.5 Å². The maximum atomic E-state index is 13.9. The topological polar surface area (TPSA) is 244 Å². The Labute approximate surface area is 501 Å². The standard InChI is InChI=1S/C64H66N8O12.Co/c1-33(77-5)61(73)69-37-17-13-18-38(70-62(74)34(2)78-6)53(37)55-41-25-29-45(65-41)57(59-49(81-9)21-15-22-50(59)82-10)47-31-27-43(67-47)56(54-39(71-63(75)35(3)79-7)19-14-20-40(54)72-64(76)36(4)80-8)44-28-32-48(68-44)58(46-30-26-42(55)66-46)60-51(83-11)23-16-24-52(60)84-12;/h13-36H,1-12H3,(H6,65,66,67,68,69,70,71,72,73,74,75,76);/q;+2/p-2. The van der Waals surface area contributed by atoms with Gasteiger partial charge in [-0.25, -0.2) is 9.97 Å². The van der Waals surface area contributed by atoms with Crippen LogP contribution in [0, 0.1) is 0 Å². The molecule has 4 unspecified atom stereocenters. The molecule has 20 nitrogen and oxygen atoms in total. The third kappa shape index (κ3) is 12.4. The van der Waals surface area contributed by atoms with Gasteiger partial charge in [-0.3, -0.25) is 19.2 Å². The van der Waals surface area contributed by atoms with Crippen LogP contribution in [0.25, 0.3) is 90.9 Å². The fourth-order valence-electron chi connectivity index (χ4n) is 9.73. The molecule has 4 N–H and O–H groups in total. The minimum absolute atomic E-state index is 0. The minimum atomic E-state index is -0.877. The van der Waals surface area contributed by atoms with E-state index in [1.54, 1.807) is 129 Å². The van der Waals surface area contributed by atoms with Gasteiger partial charge in [-0.05, 0) is 112 Å². The Morgan fingerprint density at radius 3 is 0.788 bits per heavy atom. The molecule has 0 fully saturated rings. The van der Waals surface area contributed by atoms with Crippen LogP contribution in [0.3, 0.4) is 0 Å². The van der Waals surface area contributed by atoms with Crippen LogP contribution in [0.5, 0.6) is 23.0 Å². The molecule has 4 aromatic carbocycles. The number of amides is 4. The molecule has 5 heterocycles. The van der Waals surface area contributed by atoms with Gasteiger partial charge < -0.3 is 69.1 Å². The van der Waals surface area contributed by atoms with E-state index in [0.29, 0.717) is 135 Å². The average molecular weight is 1200 g/mol. The van der Waals surface area contributed by atoms with Crippen molar-refractivity contribution in [2.75, 3.05) is 78.1 Å². The number of fused-ring (bicyclic) bond motifs is 8. The Bertz CT molecular complexity index is 3570. The van der Waals surface area contributed by atoms with Crippen molar-refractivity contribution < 1.29 is 73.9 Å². The number of anilines is 4. The molecule has 0 saturated carbocycles. The number of hydrogen-bond acceptors (Lipinski definition) is 14. The molecular weight excluding hydrogens is 1130 g/mol. The first-order valence-electron chi connectivity index (χ1n) is 26.7. The number of ether oxygens (including phenoxy) is 8. The van der Waals surface area contributed by atoms with Crippen molar-refractivity contribution in [2.45, 2.75) is 52.1 Å². The molecule has 0 aliphatic carbocycles. The quantitative estimate of drug-likeness (QED) is 0.0554. The Balaban J connectivity index is 0.00000940. The summed E-state index contributed by atoms with van der Waals surface area (Å²) in [5.41, 5.74) is 7.60. The third-order valence-electron chi connectivity index (χ3n) is 14.5. The Hall–Kier alpha value is -9.09. The monoisotopic (exact) mass is 1200 g/mol. The van der Waals surface area contributed by atoms with Gasteiger partial charge in [0.05, 0.1) is 85.1 Å². The Morgan fingerprint density at radius 1 is 0.341 bits per heavy atom. The van der Waals surface area contributed by atoms with Crippen molar-refractivity contribution in [1.82, 2.24) is 19.9 Å². The minimum Gasteiger partial charge on any atom is -0.657 e. The van der Waals surface area contributed by atoms with Gasteiger partial charge in [-0.2, -0.15) is 0 Å². The second-order valence-electron chi connectivity index (χ2n) is 19.4. The fraction of sp³-hybridized carbons (Fsp3) is 0.250. The molecule has 441 valence electrons. The van der Waals surface area contributed by atoms with E-state index in [0.717, 1.165) is 0 Å². The molecule has 9 rings (SSSR count). The molecule has 0 saturated heterocycles. The van der Waals surface area contributed by atoms with Crippen LogP contribution in [0.4, 0.5) is 22.7 Å². The average Bonchev–Trinajstić information content (AvgIpc) is 2.15. The number of hydrogen-bond donors (Lipinski definition) is 4. The van der Waals surface area contributed by atoms with E-state index in [-0.39, 0.29) is 16.8 Å². The summed E-state index contributed by atoms with van der Waals surface area (Å²) in [6.45, 7) is 6.49. The van der Waals surface area contributed by atoms with Gasteiger partial charge in [0.1, 0.15) is 47.4 Å². The number of carbonyl (C=O) groups excluding carboxylic acids is 4. The number of nitrogens with zero attached hydrogens (tertiary/aromatic N) is 4. The van der Waals surface area contributed by atoms with E-state index in [2.05, 4.69) is 21.3 Å². The predicted octanol–water partition coefficient (Wildman–Crippen LogP) is 10.5. The zero-order valence-corrected chi connectivity index (χ0v) is 49.9. The molecule has 85 heavy (non-hydrogen) atoms. The second kappa shape index (κ2) is 27.1. The van der Waals surface area contributed by atoms with Crippen molar-refractivity contribution in [3.05, 3.63) is 120 Å². The predicted molar refractivity (Wildman–Crippen MR) is 325 cm³/mol. The van der Waals surface area contributed by atoms with Crippen molar-refractivity contribution in [1.29, 1.82) is 0 Å². The summed E-state index contributed by atoms with van der Waals surface area (Å²) in [5.74, 6) is -0.155. The molecule has 4 atom stereocenters. The van der Waals surface area contributed by atoms with Crippen LogP contribution in [0.15, 0.2) is 97.1 Å². The number of methoxy groups -OCH3 is 8. The summed E-state index contributed by atoms with van der Waals surface area (Å²) < 4.78 is 46.2. The fourth-order valence-corrected chi connectivity index (χ4v) is 9.73. The van der Waals surface area contributed by atoms with E-state index in [1.165, 1.54) is 28.4 Å². The van der Waals surface area contributed by atoms with Crippen LogP contribution in [-0.2, 0) is 54.9 Å². The molecular formula is C64H64CoN8O12. The van der Waals surface area contributed by atoms with E-state index in [1.807, 2.05) is 48.6 Å². The van der Waals surface area contributed by atoms with Gasteiger partial charge in [0.25, 0.3) is 23.6 Å². The number of benzene rings is 4. The zero-order valence-electron chi connectivity index (χ0n) is 48.9. The molecule has 2 aliphatic heterocycles. The molecule has 0 spiro atoms. The van der Waals surface area contributed by atoms with Gasteiger partial charge in [0, 0.05) is 50.7 Å². The summed E-state index contributed by atoms with van der Waals surface area (Å²) in [6, 6.07) is 28.4.